The Balaban J connectivity index is 4.54. The number of nitrogens with one attached hydrogen (secondary N) is 1. The second-order valence-electron chi connectivity index (χ2n) is 3.97. The van der Waals surface area contributed by atoms with Crippen molar-refractivity contribution < 1.29 is 22.0 Å². The molecule has 0 spiro atoms. The van der Waals surface area contributed by atoms with E-state index in [9.17, 15) is 16.8 Å². The summed E-state index contributed by atoms with van der Waals surface area (Å²) in [5, 5.41) is 11.1. The van der Waals surface area contributed by atoms with Gasteiger partial charge in [0.2, 0.25) is 10.0 Å². The van der Waals surface area contributed by atoms with Crippen LogP contribution in [0.2, 0.25) is 0 Å². The number of nitrogens with two attached hydrogens (primary N) is 1. The highest BCUT2D eigenvalue weighted by molar-refractivity contribution is 7.93. The number of hydrogen-bond acceptors (Lipinski definition) is 6. The molecule has 0 aliphatic carbocycles. The van der Waals surface area contributed by atoms with Crippen LogP contribution in [0.15, 0.2) is 5.16 Å². The predicted molar refractivity (Wildman–Crippen MR) is 68.7 cm³/mol. The van der Waals surface area contributed by atoms with Crippen molar-refractivity contribution in [3.05, 3.63) is 0 Å². The minimum absolute atomic E-state index is 0.0606. The summed E-state index contributed by atoms with van der Waals surface area (Å²) in [6, 6.07) is -0.523. The molecule has 0 bridgehead atoms. The molecule has 0 aromatic heterocycles. The highest BCUT2D eigenvalue weighted by Crippen LogP contribution is 2.01. The molecular weight excluding hydrogens is 282 g/mol. The van der Waals surface area contributed by atoms with Gasteiger partial charge in [0.15, 0.2) is 0 Å². The van der Waals surface area contributed by atoms with Gasteiger partial charge in [-0.25, -0.2) is 21.6 Å². The summed E-state index contributed by atoms with van der Waals surface area (Å²) in [5.41, 5.74) is 5.28. The molecule has 0 fully saturated rings. The SMILES string of the molecule is CCC(CC(N)=NO)NS(=O)(=O)CCS(C)(=O)=O. The van der Waals surface area contributed by atoms with E-state index in [1.807, 2.05) is 0 Å². The van der Waals surface area contributed by atoms with Crippen LogP contribution < -0.4 is 10.5 Å². The molecule has 0 rings (SSSR count). The van der Waals surface area contributed by atoms with Crippen LogP contribution in [0.5, 0.6) is 0 Å². The van der Waals surface area contributed by atoms with Crippen LogP contribution in [0.4, 0.5) is 0 Å². The zero-order valence-electron chi connectivity index (χ0n) is 10.3. The molecule has 1 atom stereocenters. The third kappa shape index (κ3) is 8.25. The third-order valence-electron chi connectivity index (χ3n) is 2.15. The molecule has 4 N–H and O–H groups in total. The van der Waals surface area contributed by atoms with Crippen LogP contribution in [0.3, 0.4) is 0 Å². The molecule has 0 saturated carbocycles. The first-order chi connectivity index (χ1) is 8.09. The van der Waals surface area contributed by atoms with Gasteiger partial charge in [-0.3, -0.25) is 0 Å². The van der Waals surface area contributed by atoms with Crippen molar-refractivity contribution in [2.75, 3.05) is 17.8 Å². The van der Waals surface area contributed by atoms with E-state index < -0.39 is 37.4 Å². The van der Waals surface area contributed by atoms with Gasteiger partial charge in [-0.2, -0.15) is 0 Å². The summed E-state index contributed by atoms with van der Waals surface area (Å²) >= 11 is 0. The van der Waals surface area contributed by atoms with Crippen LogP contribution in [-0.4, -0.2) is 51.7 Å². The van der Waals surface area contributed by atoms with Crippen molar-refractivity contribution in [2.45, 2.75) is 25.8 Å². The Kier molecular flexibility index (Phi) is 6.57. The molecule has 0 radical (unpaired) electrons. The number of hydrogen-bond donors (Lipinski definition) is 3. The average molecular weight is 301 g/mol. The summed E-state index contributed by atoms with van der Waals surface area (Å²) in [4.78, 5) is 0. The highest BCUT2D eigenvalue weighted by Gasteiger charge is 2.19. The van der Waals surface area contributed by atoms with Gasteiger partial charge in [0.1, 0.15) is 15.7 Å². The van der Waals surface area contributed by atoms with E-state index in [1.165, 1.54) is 0 Å². The monoisotopic (exact) mass is 301 g/mol. The molecule has 0 amide bonds. The lowest BCUT2D eigenvalue weighted by Crippen LogP contribution is -2.39. The van der Waals surface area contributed by atoms with E-state index in [2.05, 4.69) is 9.88 Å². The fraction of sp³-hybridized carbons (Fsp3) is 0.875. The van der Waals surface area contributed by atoms with Crippen molar-refractivity contribution >= 4 is 25.7 Å². The Labute approximate surface area is 107 Å². The molecule has 10 heteroatoms. The molecule has 0 heterocycles. The van der Waals surface area contributed by atoms with Crippen LogP contribution in [0.1, 0.15) is 19.8 Å². The smallest absolute Gasteiger partial charge is 0.212 e. The van der Waals surface area contributed by atoms with Gasteiger partial charge in [-0.1, -0.05) is 12.1 Å². The maximum Gasteiger partial charge on any atom is 0.212 e. The maximum absolute atomic E-state index is 11.6. The first-order valence-electron chi connectivity index (χ1n) is 5.23. The zero-order chi connectivity index (χ0) is 14.4. The van der Waals surface area contributed by atoms with Crippen molar-refractivity contribution in [2.24, 2.45) is 10.9 Å². The standard InChI is InChI=1S/C8H19N3O5S2/c1-3-7(6-8(9)10-12)11-18(15,16)5-4-17(2,13)14/h7,11-12H,3-6H2,1-2H3,(H2,9,10). The minimum atomic E-state index is -3.70. The lowest BCUT2D eigenvalue weighted by Gasteiger charge is -2.16. The van der Waals surface area contributed by atoms with E-state index in [-0.39, 0.29) is 12.3 Å². The molecule has 8 nitrogen and oxygen atoms in total. The number of nitrogens with zero attached hydrogens (tertiary/aromatic N) is 1. The summed E-state index contributed by atoms with van der Waals surface area (Å²) < 4.78 is 47.3. The number of sulfone groups is 1. The van der Waals surface area contributed by atoms with E-state index in [4.69, 9.17) is 10.9 Å². The quantitative estimate of drug-likeness (QED) is 0.224. The lowest BCUT2D eigenvalue weighted by atomic mass is 10.1. The lowest BCUT2D eigenvalue weighted by molar-refractivity contribution is 0.316. The molecule has 108 valence electrons. The van der Waals surface area contributed by atoms with Gasteiger partial charge >= 0.3 is 0 Å². The van der Waals surface area contributed by atoms with Crippen molar-refractivity contribution in [3.8, 4) is 0 Å². The van der Waals surface area contributed by atoms with Gasteiger partial charge < -0.3 is 10.9 Å². The van der Waals surface area contributed by atoms with Crippen molar-refractivity contribution in [3.63, 3.8) is 0 Å². The summed E-state index contributed by atoms with van der Waals surface area (Å²) in [7, 11) is -7.04. The molecule has 18 heavy (non-hydrogen) atoms. The van der Waals surface area contributed by atoms with E-state index in [0.29, 0.717) is 6.42 Å². The van der Waals surface area contributed by atoms with Gasteiger partial charge in [0.05, 0.1) is 11.5 Å². The van der Waals surface area contributed by atoms with E-state index >= 15 is 0 Å². The highest BCUT2D eigenvalue weighted by atomic mass is 32.2. The van der Waals surface area contributed by atoms with Gasteiger partial charge in [-0.05, 0) is 6.42 Å². The number of amidine groups is 1. The van der Waals surface area contributed by atoms with Gasteiger partial charge in [0.25, 0.3) is 0 Å². The maximum atomic E-state index is 11.6. The van der Waals surface area contributed by atoms with Gasteiger partial charge in [-0.15, -0.1) is 0 Å². The summed E-state index contributed by atoms with van der Waals surface area (Å²) in [6.45, 7) is 1.73. The average Bonchev–Trinajstić information content (AvgIpc) is 2.24. The Hall–Kier alpha value is -0.870. The third-order valence-corrected chi connectivity index (χ3v) is 4.78. The predicted octanol–water partition coefficient (Wildman–Crippen LogP) is -1.13. The van der Waals surface area contributed by atoms with Crippen LogP contribution in [0, 0.1) is 0 Å². The van der Waals surface area contributed by atoms with Crippen molar-refractivity contribution in [1.82, 2.24) is 4.72 Å². The Bertz CT molecular complexity index is 483. The number of oxime groups is 1. The molecular formula is C8H19N3O5S2. The van der Waals surface area contributed by atoms with Crippen LogP contribution in [-0.2, 0) is 19.9 Å². The van der Waals surface area contributed by atoms with Crippen molar-refractivity contribution in [1.29, 1.82) is 0 Å². The topological polar surface area (TPSA) is 139 Å². The first kappa shape index (κ1) is 17.1. The fourth-order valence-corrected chi connectivity index (χ4v) is 4.10. The summed E-state index contributed by atoms with van der Waals surface area (Å²) in [5.74, 6) is -1.03. The molecule has 0 aromatic carbocycles. The molecule has 0 aliphatic heterocycles. The molecule has 1 unspecified atom stereocenters. The zero-order valence-corrected chi connectivity index (χ0v) is 12.0. The van der Waals surface area contributed by atoms with Crippen LogP contribution >= 0.6 is 0 Å². The van der Waals surface area contributed by atoms with Crippen LogP contribution in [0.25, 0.3) is 0 Å². The van der Waals surface area contributed by atoms with Gasteiger partial charge in [0, 0.05) is 18.7 Å². The molecule has 0 aromatic rings. The molecule has 0 aliphatic rings. The number of sulfonamides is 1. The Morgan fingerprint density at radius 1 is 1.33 bits per heavy atom. The van der Waals surface area contributed by atoms with E-state index in [1.54, 1.807) is 6.92 Å². The minimum Gasteiger partial charge on any atom is -0.409 e. The first-order valence-corrected chi connectivity index (χ1v) is 8.95. The summed E-state index contributed by atoms with van der Waals surface area (Å²) in [6.07, 6.45) is 1.47. The second kappa shape index (κ2) is 6.90. The largest absolute Gasteiger partial charge is 0.409 e. The number of rotatable bonds is 8. The molecule has 0 saturated heterocycles. The Morgan fingerprint density at radius 3 is 2.28 bits per heavy atom. The fourth-order valence-electron chi connectivity index (χ4n) is 1.14. The second-order valence-corrected chi connectivity index (χ2v) is 8.10. The van der Waals surface area contributed by atoms with E-state index in [0.717, 1.165) is 6.26 Å². The normalized spacial score (nSPS) is 15.6. The Morgan fingerprint density at radius 2 is 1.89 bits per heavy atom.